The topological polar surface area (TPSA) is 202 Å². The highest BCUT2D eigenvalue weighted by Gasteiger charge is 2.45. The molecule has 392 valence electrons. The van der Waals surface area contributed by atoms with Crippen LogP contribution in [0.4, 0.5) is 0 Å². The van der Waals surface area contributed by atoms with Gasteiger partial charge in [-0.3, -0.25) is 0 Å². The van der Waals surface area contributed by atoms with E-state index in [1.165, 1.54) is 15.9 Å². The first kappa shape index (κ1) is 63.1. The minimum atomic E-state index is -3.44. The Bertz CT molecular complexity index is 2490. The van der Waals surface area contributed by atoms with Gasteiger partial charge in [0.15, 0.2) is 19.7 Å². The van der Waals surface area contributed by atoms with Gasteiger partial charge in [-0.05, 0) is 84.7 Å². The Morgan fingerprint density at radius 2 is 0.917 bits per heavy atom. The lowest BCUT2D eigenvalue weighted by atomic mass is 9.87. The Morgan fingerprint density at radius 3 is 1.22 bits per heavy atom. The van der Waals surface area contributed by atoms with E-state index < -0.39 is 39.8 Å². The summed E-state index contributed by atoms with van der Waals surface area (Å²) in [5.41, 5.74) is 13.8. The second-order valence-corrected chi connectivity index (χ2v) is 23.8. The summed E-state index contributed by atoms with van der Waals surface area (Å²) in [6, 6.07) is 49.2. The zero-order valence-electron chi connectivity index (χ0n) is 39.5. The van der Waals surface area contributed by atoms with Crippen LogP contribution in [-0.2, 0) is 29.1 Å². The van der Waals surface area contributed by atoms with Gasteiger partial charge in [-0.2, -0.15) is 0 Å². The molecule has 7 rings (SSSR count). The fraction of sp³-hybridized carbons (Fsp3) is 0.404. The van der Waals surface area contributed by atoms with E-state index in [0.717, 1.165) is 0 Å². The van der Waals surface area contributed by atoms with E-state index >= 15 is 0 Å². The molecule has 0 amide bonds. The molecule has 2 saturated heterocycles. The Balaban J connectivity index is 0.000000366. The third-order valence-electron chi connectivity index (χ3n) is 12.7. The number of hydrogen-bond acceptors (Lipinski definition) is 10. The number of aliphatic hydroxyl groups is 2. The van der Waals surface area contributed by atoms with Crippen LogP contribution in [-0.4, -0.2) is 88.3 Å². The first-order valence-corrected chi connectivity index (χ1v) is 28.0. The molecule has 0 unspecified atom stereocenters. The van der Waals surface area contributed by atoms with Gasteiger partial charge in [-0.1, -0.05) is 181 Å². The van der Waals surface area contributed by atoms with E-state index in [9.17, 15) is 27.0 Å². The molecule has 2 heterocycles. The number of aliphatic hydroxyl groups excluding tert-OH is 2. The molecule has 12 nitrogen and oxygen atoms in total. The van der Waals surface area contributed by atoms with Gasteiger partial charge in [0.2, 0.25) is 0 Å². The van der Waals surface area contributed by atoms with Crippen molar-refractivity contribution in [3.05, 3.63) is 187 Å². The lowest BCUT2D eigenvalue weighted by Gasteiger charge is -2.21. The van der Waals surface area contributed by atoms with Crippen LogP contribution >= 0.6 is 7.92 Å². The van der Waals surface area contributed by atoms with Crippen molar-refractivity contribution in [3.8, 4) is 0 Å². The predicted molar refractivity (Wildman–Crippen MR) is 299 cm³/mol. The van der Waals surface area contributed by atoms with Crippen molar-refractivity contribution in [2.75, 3.05) is 24.6 Å². The first-order chi connectivity index (χ1) is 33.2. The molecule has 2 fully saturated rings. The van der Waals surface area contributed by atoms with Gasteiger partial charge < -0.3 is 25.4 Å². The van der Waals surface area contributed by atoms with E-state index in [4.69, 9.17) is 20.7 Å². The lowest BCUT2D eigenvalue weighted by molar-refractivity contribution is 0.00320. The van der Waals surface area contributed by atoms with E-state index in [2.05, 4.69) is 114 Å². The fourth-order valence-electron chi connectivity index (χ4n) is 8.95. The summed E-state index contributed by atoms with van der Waals surface area (Å²) in [5, 5.41) is 27.4. The summed E-state index contributed by atoms with van der Waals surface area (Å²) in [6.45, 7) is 11.6. The quantitative estimate of drug-likeness (QED) is 0.0223. The molecule has 5 aromatic carbocycles. The summed E-state index contributed by atoms with van der Waals surface area (Å²) in [7, 11) is -7.27. The molecule has 5 aromatic rings. The van der Waals surface area contributed by atoms with Crippen LogP contribution in [0.3, 0.4) is 0 Å². The molecular weight excluding hydrogens is 964 g/mol. The van der Waals surface area contributed by atoms with Crippen molar-refractivity contribution in [2.45, 2.75) is 108 Å². The maximum Gasteiger partial charge on any atom is 0.178 e. The van der Waals surface area contributed by atoms with Crippen molar-refractivity contribution in [2.24, 2.45) is 34.5 Å². The number of nitrogens with two attached hydrogens (primary N) is 1. The minimum absolute atomic E-state index is 0. The number of ether oxygens (including phenoxy) is 2. The van der Waals surface area contributed by atoms with E-state index in [0.29, 0.717) is 35.5 Å². The van der Waals surface area contributed by atoms with Gasteiger partial charge >= 0.3 is 0 Å². The molecule has 0 saturated carbocycles. The molecule has 72 heavy (non-hydrogen) atoms. The zero-order chi connectivity index (χ0) is 49.8. The van der Waals surface area contributed by atoms with Crippen LogP contribution in [0.25, 0.3) is 10.4 Å². The van der Waals surface area contributed by atoms with Crippen molar-refractivity contribution in [1.82, 2.24) is 0 Å². The Kier molecular flexibility index (Phi) is 27.7. The molecule has 0 aromatic heterocycles. The predicted octanol–water partition coefficient (Wildman–Crippen LogP) is 10.2. The highest BCUT2D eigenvalue weighted by molar-refractivity contribution is 7.91. The van der Waals surface area contributed by atoms with Gasteiger partial charge in [0.25, 0.3) is 0 Å². The van der Waals surface area contributed by atoms with Gasteiger partial charge in [0.1, 0.15) is 0 Å². The minimum Gasteiger partial charge on any atom is -0.393 e. The third-order valence-corrected chi connectivity index (χ3v) is 18.8. The molecule has 2 aliphatic rings. The second-order valence-electron chi connectivity index (χ2n) is 17.5. The van der Waals surface area contributed by atoms with Gasteiger partial charge in [0.05, 0.1) is 64.5 Å². The van der Waals surface area contributed by atoms with Gasteiger partial charge in [-0.25, -0.2) is 16.8 Å². The smallest absolute Gasteiger partial charge is 0.178 e. The average Bonchev–Trinajstić information content (AvgIpc) is 3.80. The van der Waals surface area contributed by atoms with Crippen LogP contribution in [0.15, 0.2) is 192 Å². The molecular formula is C57H79N4O8PS2. The number of azide groups is 1. The summed E-state index contributed by atoms with van der Waals surface area (Å²) < 4.78 is 63.0. The Hall–Kier alpha value is -4.98. The van der Waals surface area contributed by atoms with Crippen LogP contribution < -0.4 is 21.6 Å². The number of nitrogens with zero attached hydrogens (tertiary/aromatic N) is 3. The number of benzene rings is 5. The molecule has 4 N–H and O–H groups in total. The number of hydrogen-bond donors (Lipinski definition) is 3. The van der Waals surface area contributed by atoms with Crippen molar-refractivity contribution in [1.29, 1.82) is 0 Å². The average molecular weight is 1040 g/mol. The highest BCUT2D eigenvalue weighted by atomic mass is 32.2. The van der Waals surface area contributed by atoms with Gasteiger partial charge in [-0.15, -0.1) is 13.2 Å². The summed E-state index contributed by atoms with van der Waals surface area (Å²) >= 11 is 0. The second kappa shape index (κ2) is 31.6. The van der Waals surface area contributed by atoms with E-state index in [-0.39, 0.29) is 95.0 Å². The van der Waals surface area contributed by atoms with E-state index in [1.807, 2.05) is 13.8 Å². The van der Waals surface area contributed by atoms with Crippen molar-refractivity contribution in [3.63, 3.8) is 0 Å². The molecule has 10 atom stereocenters. The highest BCUT2D eigenvalue weighted by Crippen LogP contribution is 2.40. The van der Waals surface area contributed by atoms with Crippen molar-refractivity contribution >= 4 is 43.5 Å². The normalized spacial score (nSPS) is 22.0. The molecule has 2 aliphatic heterocycles. The number of sulfone groups is 2. The Morgan fingerprint density at radius 1 is 0.597 bits per heavy atom. The van der Waals surface area contributed by atoms with Gasteiger partial charge in [0, 0.05) is 29.7 Å². The standard InChI is InChI=1S/C18H25N3O4S.C18H27NO4S.C18H15P.3CH4/c1-3-7-17-16(12-26(23,24)15-8-5-4-6-9-15)13(2)18(25-17)10-14(22)11-20-21-19;1-3-7-17-16(13(2)18(23-17)10-14(20)11-19)12-24(21,22)15-8-5-4-6-9-15;1-4-10-16(11-5-1)19(17-12-6-2-7-13-17)18-14-8-3-9-15-18;;;/h3-6,8-9,13-14,16-18,22H,1,7,10-12H2,2H3;3-6,8-9,13-14,16-18,20H,1,7,10-12,19H2,2H3;1-15H;3*1H4/t2*13-,14+,16-,17+,18-;;;;/m11..../s1. The zero-order valence-corrected chi connectivity index (χ0v) is 42.0. The largest absolute Gasteiger partial charge is 0.393 e. The molecule has 0 aliphatic carbocycles. The third kappa shape index (κ3) is 18.2. The SMILES string of the molecule is C.C.C.C=CC[C@@H]1O[C@H](C[C@H](O)CN)[C@H](C)[C@H]1CS(=O)(=O)c1ccccc1.C=CC[C@@H]1O[C@H](C[C@H](O)CN=[N+]=[N-])[C@H](C)[C@H]1CS(=O)(=O)c1ccccc1.c1ccc(P(c2ccccc2)c2ccccc2)cc1. The van der Waals surface area contributed by atoms with Crippen LogP contribution in [0.2, 0.25) is 0 Å². The van der Waals surface area contributed by atoms with Crippen LogP contribution in [0.5, 0.6) is 0 Å². The molecule has 0 spiro atoms. The summed E-state index contributed by atoms with van der Waals surface area (Å²) in [6.07, 6.45) is 2.94. The maximum atomic E-state index is 12.8. The van der Waals surface area contributed by atoms with Crippen LogP contribution in [0.1, 0.15) is 61.8 Å². The lowest BCUT2D eigenvalue weighted by Crippen LogP contribution is -2.30. The summed E-state index contributed by atoms with van der Waals surface area (Å²) in [5.74, 6) is -0.349. The molecule has 0 radical (unpaired) electrons. The van der Waals surface area contributed by atoms with Crippen LogP contribution in [0, 0.1) is 23.7 Å². The fourth-order valence-corrected chi connectivity index (χ4v) is 14.8. The summed E-state index contributed by atoms with van der Waals surface area (Å²) in [4.78, 5) is 3.28. The maximum absolute atomic E-state index is 12.8. The number of rotatable bonds is 20. The van der Waals surface area contributed by atoms with E-state index in [1.54, 1.807) is 72.8 Å². The van der Waals surface area contributed by atoms with Crippen molar-refractivity contribution < 1.29 is 36.5 Å². The Labute approximate surface area is 432 Å². The first-order valence-electron chi connectivity index (χ1n) is 23.3. The molecule has 0 bridgehead atoms. The monoisotopic (exact) mass is 1040 g/mol. The molecule has 15 heteroatoms.